The highest BCUT2D eigenvalue weighted by atomic mass is 16.6. The van der Waals surface area contributed by atoms with Gasteiger partial charge in [-0.2, -0.15) is 0 Å². The number of hydrogen-bond donors (Lipinski definition) is 0. The Bertz CT molecular complexity index is 283. The van der Waals surface area contributed by atoms with Gasteiger partial charge in [0.15, 0.2) is 0 Å². The largest absolute Gasteiger partial charge is 0.455 e. The van der Waals surface area contributed by atoms with E-state index in [-0.39, 0.29) is 11.4 Å². The van der Waals surface area contributed by atoms with Crippen LogP contribution in [0.1, 0.15) is 67.2 Å². The van der Waals surface area contributed by atoms with Crippen LogP contribution in [0.5, 0.6) is 0 Å². The van der Waals surface area contributed by atoms with E-state index in [9.17, 15) is 4.79 Å². The van der Waals surface area contributed by atoms with Crippen molar-refractivity contribution in [2.45, 2.75) is 72.8 Å². The third-order valence-electron chi connectivity index (χ3n) is 4.20. The van der Waals surface area contributed by atoms with E-state index >= 15 is 0 Å². The highest BCUT2D eigenvalue weighted by molar-refractivity contribution is 5.87. The van der Waals surface area contributed by atoms with E-state index in [1.54, 1.807) is 6.92 Å². The van der Waals surface area contributed by atoms with Gasteiger partial charge in [-0.15, -0.1) is 0 Å². The van der Waals surface area contributed by atoms with Gasteiger partial charge in [0, 0.05) is 11.0 Å². The summed E-state index contributed by atoms with van der Waals surface area (Å²) >= 11 is 0. The Morgan fingerprint density at radius 1 is 1.18 bits per heavy atom. The van der Waals surface area contributed by atoms with Gasteiger partial charge in [0.25, 0.3) is 0 Å². The number of hydrogen-bond acceptors (Lipinski definition) is 2. The first-order valence-corrected chi connectivity index (χ1v) is 6.65. The molecular formula is C15H28O2. The van der Waals surface area contributed by atoms with Crippen LogP contribution < -0.4 is 0 Å². The highest BCUT2D eigenvalue weighted by Crippen LogP contribution is 2.44. The molecule has 2 nitrogen and oxygen atoms in total. The lowest BCUT2D eigenvalue weighted by atomic mass is 9.68. The van der Waals surface area contributed by atoms with E-state index in [0.717, 1.165) is 25.7 Å². The zero-order valence-corrected chi connectivity index (χ0v) is 12.4. The van der Waals surface area contributed by atoms with Crippen molar-refractivity contribution in [1.82, 2.24) is 0 Å². The van der Waals surface area contributed by atoms with E-state index in [1.807, 2.05) is 6.92 Å². The summed E-state index contributed by atoms with van der Waals surface area (Å²) in [6.45, 7) is 16.0. The van der Waals surface area contributed by atoms with Crippen LogP contribution in [-0.2, 0) is 9.53 Å². The Morgan fingerprint density at radius 3 is 2.00 bits per heavy atom. The molecule has 0 heterocycles. The van der Waals surface area contributed by atoms with Gasteiger partial charge in [-0.25, -0.2) is 4.79 Å². The smallest absolute Gasteiger partial charge is 0.333 e. The van der Waals surface area contributed by atoms with E-state index in [0.29, 0.717) is 5.57 Å². The summed E-state index contributed by atoms with van der Waals surface area (Å²) in [6.07, 6.45) is 4.01. The number of esters is 1. The summed E-state index contributed by atoms with van der Waals surface area (Å²) in [7, 11) is 0. The molecule has 0 rings (SSSR count). The first-order chi connectivity index (χ1) is 7.76. The number of carbonyl (C=O) groups excluding carboxylic acids is 1. The maximum absolute atomic E-state index is 11.8. The van der Waals surface area contributed by atoms with Crippen LogP contribution in [0.4, 0.5) is 0 Å². The fraction of sp³-hybridized carbons (Fsp3) is 0.800. The van der Waals surface area contributed by atoms with Gasteiger partial charge in [0.1, 0.15) is 5.60 Å². The molecule has 0 saturated carbocycles. The second kappa shape index (κ2) is 6.23. The Labute approximate surface area is 106 Å². The number of ether oxygens (including phenoxy) is 1. The standard InChI is InChI=1S/C15H28O2/c1-8-11-14(6,9-2)15(7,10-3)17-13(16)12(4)5/h4,8-11H2,1-3,5-7H3. The SMILES string of the molecule is C=C(C)C(=O)OC(C)(CC)C(C)(CC)CCC. The Morgan fingerprint density at radius 2 is 1.71 bits per heavy atom. The van der Waals surface area contributed by atoms with E-state index in [1.165, 1.54) is 0 Å². The molecule has 2 atom stereocenters. The van der Waals surface area contributed by atoms with Crippen molar-refractivity contribution >= 4 is 5.97 Å². The average Bonchev–Trinajstić information content (AvgIpc) is 2.28. The second-order valence-electron chi connectivity index (χ2n) is 5.42. The van der Waals surface area contributed by atoms with Crippen molar-refractivity contribution in [2.24, 2.45) is 5.41 Å². The molecule has 0 aromatic heterocycles. The normalized spacial score (nSPS) is 18.0. The Kier molecular flexibility index (Phi) is 5.94. The van der Waals surface area contributed by atoms with E-state index < -0.39 is 5.60 Å². The lowest BCUT2D eigenvalue weighted by molar-refractivity contribution is -0.170. The molecule has 0 aliphatic carbocycles. The summed E-state index contributed by atoms with van der Waals surface area (Å²) < 4.78 is 5.72. The molecule has 0 aromatic carbocycles. The highest BCUT2D eigenvalue weighted by Gasteiger charge is 2.44. The van der Waals surface area contributed by atoms with Crippen molar-refractivity contribution < 1.29 is 9.53 Å². The van der Waals surface area contributed by atoms with Crippen LogP contribution in [0.3, 0.4) is 0 Å². The van der Waals surface area contributed by atoms with Crippen molar-refractivity contribution in [3.8, 4) is 0 Å². The number of carbonyl (C=O) groups is 1. The fourth-order valence-electron chi connectivity index (χ4n) is 2.28. The van der Waals surface area contributed by atoms with Gasteiger partial charge in [-0.05, 0) is 33.1 Å². The Balaban J connectivity index is 5.10. The zero-order valence-electron chi connectivity index (χ0n) is 12.4. The van der Waals surface area contributed by atoms with Crippen LogP contribution in [0, 0.1) is 5.41 Å². The van der Waals surface area contributed by atoms with Crippen LogP contribution in [-0.4, -0.2) is 11.6 Å². The minimum absolute atomic E-state index is 0.0294. The maximum Gasteiger partial charge on any atom is 0.333 e. The third-order valence-corrected chi connectivity index (χ3v) is 4.20. The van der Waals surface area contributed by atoms with Crippen LogP contribution >= 0.6 is 0 Å². The van der Waals surface area contributed by atoms with Gasteiger partial charge < -0.3 is 4.74 Å². The second-order valence-corrected chi connectivity index (χ2v) is 5.42. The van der Waals surface area contributed by atoms with Gasteiger partial charge in [-0.1, -0.05) is 40.7 Å². The third kappa shape index (κ3) is 3.58. The molecule has 0 radical (unpaired) electrons. The molecule has 0 spiro atoms. The van der Waals surface area contributed by atoms with Crippen molar-refractivity contribution in [1.29, 1.82) is 0 Å². The van der Waals surface area contributed by atoms with E-state index in [4.69, 9.17) is 4.74 Å². The molecule has 0 saturated heterocycles. The van der Waals surface area contributed by atoms with Gasteiger partial charge in [0.2, 0.25) is 0 Å². The summed E-state index contributed by atoms with van der Waals surface area (Å²) in [6, 6.07) is 0. The molecule has 0 amide bonds. The lowest BCUT2D eigenvalue weighted by Gasteiger charge is -2.45. The molecule has 0 aliphatic rings. The molecule has 100 valence electrons. The van der Waals surface area contributed by atoms with Crippen LogP contribution in [0.2, 0.25) is 0 Å². The van der Waals surface area contributed by atoms with Gasteiger partial charge >= 0.3 is 5.97 Å². The molecular weight excluding hydrogens is 212 g/mol. The Hall–Kier alpha value is -0.790. The predicted molar refractivity (Wildman–Crippen MR) is 72.9 cm³/mol. The van der Waals surface area contributed by atoms with Crippen molar-refractivity contribution in [3.63, 3.8) is 0 Å². The quantitative estimate of drug-likeness (QED) is 0.484. The monoisotopic (exact) mass is 240 g/mol. The minimum Gasteiger partial charge on any atom is -0.455 e. The summed E-state index contributed by atoms with van der Waals surface area (Å²) in [4.78, 5) is 11.8. The van der Waals surface area contributed by atoms with Crippen LogP contribution in [0.25, 0.3) is 0 Å². The maximum atomic E-state index is 11.8. The molecule has 0 aromatic rings. The lowest BCUT2D eigenvalue weighted by Crippen LogP contribution is -2.47. The first kappa shape index (κ1) is 16.2. The number of rotatable bonds is 7. The fourth-order valence-corrected chi connectivity index (χ4v) is 2.28. The predicted octanol–water partition coefficient (Wildman–Crippen LogP) is 4.49. The molecule has 0 aliphatic heterocycles. The molecule has 0 fully saturated rings. The molecule has 0 N–H and O–H groups in total. The van der Waals surface area contributed by atoms with Crippen molar-refractivity contribution in [3.05, 3.63) is 12.2 Å². The summed E-state index contributed by atoms with van der Waals surface area (Å²) in [5.74, 6) is -0.273. The summed E-state index contributed by atoms with van der Waals surface area (Å²) in [5, 5.41) is 0. The minimum atomic E-state index is -0.409. The molecule has 2 heteroatoms. The van der Waals surface area contributed by atoms with Crippen LogP contribution in [0.15, 0.2) is 12.2 Å². The molecule has 2 unspecified atom stereocenters. The average molecular weight is 240 g/mol. The van der Waals surface area contributed by atoms with Crippen molar-refractivity contribution in [2.75, 3.05) is 0 Å². The molecule has 0 bridgehead atoms. The first-order valence-electron chi connectivity index (χ1n) is 6.65. The molecule has 17 heavy (non-hydrogen) atoms. The zero-order chi connectivity index (χ0) is 13.7. The topological polar surface area (TPSA) is 26.3 Å². The summed E-state index contributed by atoms with van der Waals surface area (Å²) in [5.41, 5.74) is 0.0923. The van der Waals surface area contributed by atoms with Gasteiger partial charge in [0.05, 0.1) is 0 Å². The van der Waals surface area contributed by atoms with Gasteiger partial charge in [-0.3, -0.25) is 0 Å². The van der Waals surface area contributed by atoms with E-state index in [2.05, 4.69) is 34.3 Å².